The predicted molar refractivity (Wildman–Crippen MR) is 117 cm³/mol. The second-order valence-corrected chi connectivity index (χ2v) is 7.71. The number of amides is 1. The third-order valence-electron chi connectivity index (χ3n) is 4.77. The SMILES string of the molecule is CCOC(=O)Cn1c(=NC(=O)c2cccc(OC)c2OC)sc2cc3c(cc21)OCCO3. The van der Waals surface area contributed by atoms with Gasteiger partial charge < -0.3 is 28.3 Å². The number of thiazole rings is 1. The molecule has 0 aliphatic carbocycles. The Balaban J connectivity index is 1.86. The topological polar surface area (TPSA) is 97.6 Å². The fourth-order valence-corrected chi connectivity index (χ4v) is 4.42. The second-order valence-electron chi connectivity index (χ2n) is 6.70. The van der Waals surface area contributed by atoms with Crippen molar-refractivity contribution in [1.29, 1.82) is 0 Å². The number of ether oxygens (including phenoxy) is 5. The molecule has 1 amide bonds. The number of methoxy groups -OCH3 is 2. The molecule has 32 heavy (non-hydrogen) atoms. The van der Waals surface area contributed by atoms with Crippen LogP contribution in [0.15, 0.2) is 35.3 Å². The van der Waals surface area contributed by atoms with Crippen molar-refractivity contribution < 1.29 is 33.3 Å². The van der Waals surface area contributed by atoms with Gasteiger partial charge >= 0.3 is 5.97 Å². The lowest BCUT2D eigenvalue weighted by molar-refractivity contribution is -0.143. The van der Waals surface area contributed by atoms with Crippen molar-refractivity contribution in [3.8, 4) is 23.0 Å². The van der Waals surface area contributed by atoms with Crippen LogP contribution in [-0.4, -0.2) is 50.5 Å². The highest BCUT2D eigenvalue weighted by molar-refractivity contribution is 7.16. The highest BCUT2D eigenvalue weighted by Crippen LogP contribution is 2.36. The summed E-state index contributed by atoms with van der Waals surface area (Å²) in [5.74, 6) is 0.939. The van der Waals surface area contributed by atoms with Crippen LogP contribution in [0.4, 0.5) is 0 Å². The van der Waals surface area contributed by atoms with Gasteiger partial charge in [0.2, 0.25) is 0 Å². The zero-order chi connectivity index (χ0) is 22.7. The number of hydrogen-bond acceptors (Lipinski definition) is 8. The number of fused-ring (bicyclic) bond motifs is 2. The van der Waals surface area contributed by atoms with Crippen molar-refractivity contribution in [3.05, 3.63) is 40.7 Å². The first-order chi connectivity index (χ1) is 15.5. The molecule has 0 saturated heterocycles. The van der Waals surface area contributed by atoms with Crippen LogP contribution in [-0.2, 0) is 16.1 Å². The maximum atomic E-state index is 13.1. The third-order valence-corrected chi connectivity index (χ3v) is 5.81. The van der Waals surface area contributed by atoms with E-state index in [0.717, 1.165) is 4.70 Å². The highest BCUT2D eigenvalue weighted by Gasteiger charge is 2.20. The first-order valence-corrected chi connectivity index (χ1v) is 10.8. The molecule has 0 atom stereocenters. The zero-order valence-corrected chi connectivity index (χ0v) is 18.7. The number of carbonyl (C=O) groups is 2. The molecular formula is C22H22N2O7S. The number of carbonyl (C=O) groups excluding carboxylic acids is 2. The van der Waals surface area contributed by atoms with Crippen LogP contribution in [0.2, 0.25) is 0 Å². The van der Waals surface area contributed by atoms with E-state index in [1.165, 1.54) is 25.6 Å². The Labute approximate surface area is 187 Å². The summed E-state index contributed by atoms with van der Waals surface area (Å²) in [6, 6.07) is 8.60. The van der Waals surface area contributed by atoms with Crippen LogP contribution in [0.3, 0.4) is 0 Å². The van der Waals surface area contributed by atoms with Crippen LogP contribution in [0, 0.1) is 0 Å². The first-order valence-electron chi connectivity index (χ1n) is 9.94. The molecule has 0 N–H and O–H groups in total. The standard InChI is InChI=1S/C22H22N2O7S/c1-4-29-19(25)12-24-14-10-16-17(31-9-8-30-16)11-18(14)32-22(24)23-21(26)13-6-5-7-15(27-2)20(13)28-3/h5-7,10-11H,4,8-9,12H2,1-3H3. The van der Waals surface area contributed by atoms with E-state index in [1.807, 2.05) is 6.07 Å². The predicted octanol–water partition coefficient (Wildman–Crippen LogP) is 2.80. The minimum atomic E-state index is -0.526. The number of esters is 1. The lowest BCUT2D eigenvalue weighted by atomic mass is 10.2. The molecule has 0 radical (unpaired) electrons. The van der Waals surface area contributed by atoms with E-state index < -0.39 is 11.9 Å². The quantitative estimate of drug-likeness (QED) is 0.524. The van der Waals surface area contributed by atoms with E-state index in [1.54, 1.807) is 35.8 Å². The minimum absolute atomic E-state index is 0.102. The zero-order valence-electron chi connectivity index (χ0n) is 17.9. The average Bonchev–Trinajstić information content (AvgIpc) is 3.12. The molecule has 0 spiro atoms. The number of hydrogen-bond donors (Lipinski definition) is 0. The summed E-state index contributed by atoms with van der Waals surface area (Å²) in [4.78, 5) is 30.0. The number of aromatic nitrogens is 1. The lowest BCUT2D eigenvalue weighted by Gasteiger charge is -2.18. The fraction of sp³-hybridized carbons (Fsp3) is 0.318. The summed E-state index contributed by atoms with van der Waals surface area (Å²) in [7, 11) is 2.95. The lowest BCUT2D eigenvalue weighted by Crippen LogP contribution is -2.23. The van der Waals surface area contributed by atoms with Crippen LogP contribution < -0.4 is 23.7 Å². The molecule has 0 fully saturated rings. The third kappa shape index (κ3) is 4.13. The largest absolute Gasteiger partial charge is 0.493 e. The van der Waals surface area contributed by atoms with Gasteiger partial charge in [-0.1, -0.05) is 17.4 Å². The molecule has 0 bridgehead atoms. The van der Waals surface area contributed by atoms with E-state index in [2.05, 4.69) is 4.99 Å². The van der Waals surface area contributed by atoms with Gasteiger partial charge in [0.1, 0.15) is 19.8 Å². The molecule has 4 rings (SSSR count). The Morgan fingerprint density at radius 1 is 1.12 bits per heavy atom. The number of nitrogens with zero attached hydrogens (tertiary/aromatic N) is 2. The van der Waals surface area contributed by atoms with Gasteiger partial charge in [-0.2, -0.15) is 4.99 Å². The molecule has 168 valence electrons. The summed E-state index contributed by atoms with van der Waals surface area (Å²) >= 11 is 1.26. The van der Waals surface area contributed by atoms with Crippen molar-refractivity contribution in [2.24, 2.45) is 4.99 Å². The van der Waals surface area contributed by atoms with Crippen molar-refractivity contribution in [2.75, 3.05) is 34.0 Å². The van der Waals surface area contributed by atoms with Crippen LogP contribution in [0.5, 0.6) is 23.0 Å². The van der Waals surface area contributed by atoms with E-state index in [0.29, 0.717) is 46.5 Å². The smallest absolute Gasteiger partial charge is 0.326 e. The van der Waals surface area contributed by atoms with Gasteiger partial charge in [-0.15, -0.1) is 0 Å². The Morgan fingerprint density at radius 3 is 2.56 bits per heavy atom. The molecule has 0 saturated carbocycles. The van der Waals surface area contributed by atoms with Crippen LogP contribution in [0.1, 0.15) is 17.3 Å². The summed E-state index contributed by atoms with van der Waals surface area (Å²) in [5.41, 5.74) is 0.939. The molecule has 2 aromatic carbocycles. The molecule has 1 aromatic heterocycles. The molecule has 1 aliphatic heterocycles. The van der Waals surface area contributed by atoms with E-state index >= 15 is 0 Å². The summed E-state index contributed by atoms with van der Waals surface area (Å²) in [5, 5.41) is 0. The Hall–Kier alpha value is -3.53. The van der Waals surface area contributed by atoms with Gasteiger partial charge in [0.15, 0.2) is 27.8 Å². The highest BCUT2D eigenvalue weighted by atomic mass is 32.1. The van der Waals surface area contributed by atoms with Crippen molar-refractivity contribution in [3.63, 3.8) is 0 Å². The molecule has 9 nitrogen and oxygen atoms in total. The molecule has 2 heterocycles. The number of rotatable bonds is 6. The average molecular weight is 458 g/mol. The normalized spacial score (nSPS) is 13.2. The summed E-state index contributed by atoms with van der Waals surface area (Å²) in [6.07, 6.45) is 0. The Bertz CT molecular complexity index is 1250. The maximum Gasteiger partial charge on any atom is 0.326 e. The number of benzene rings is 2. The van der Waals surface area contributed by atoms with Crippen molar-refractivity contribution >= 4 is 33.4 Å². The van der Waals surface area contributed by atoms with E-state index in [-0.39, 0.29) is 18.7 Å². The van der Waals surface area contributed by atoms with Gasteiger partial charge in [-0.3, -0.25) is 9.59 Å². The van der Waals surface area contributed by atoms with E-state index in [4.69, 9.17) is 23.7 Å². The van der Waals surface area contributed by atoms with E-state index in [9.17, 15) is 9.59 Å². The van der Waals surface area contributed by atoms with Gasteiger partial charge in [0.25, 0.3) is 5.91 Å². The minimum Gasteiger partial charge on any atom is -0.493 e. The molecule has 3 aromatic rings. The molecule has 1 aliphatic rings. The van der Waals surface area contributed by atoms with Gasteiger partial charge in [-0.05, 0) is 19.1 Å². The Morgan fingerprint density at radius 2 is 1.88 bits per heavy atom. The van der Waals surface area contributed by atoms with Crippen molar-refractivity contribution in [1.82, 2.24) is 4.57 Å². The summed E-state index contributed by atoms with van der Waals surface area (Å²) < 4.78 is 29.5. The molecule has 0 unspecified atom stereocenters. The molecular weight excluding hydrogens is 436 g/mol. The molecule has 10 heteroatoms. The van der Waals surface area contributed by atoms with Gasteiger partial charge in [0.05, 0.1) is 36.6 Å². The Kier molecular flexibility index (Phi) is 6.31. The van der Waals surface area contributed by atoms with Gasteiger partial charge in [0, 0.05) is 12.1 Å². The fourth-order valence-electron chi connectivity index (χ4n) is 3.38. The summed E-state index contributed by atoms with van der Waals surface area (Å²) in [6.45, 7) is 2.78. The van der Waals surface area contributed by atoms with Gasteiger partial charge in [-0.25, -0.2) is 0 Å². The van der Waals surface area contributed by atoms with Crippen LogP contribution in [0.25, 0.3) is 10.2 Å². The number of para-hydroxylation sites is 1. The monoisotopic (exact) mass is 458 g/mol. The second kappa shape index (κ2) is 9.31. The van der Waals surface area contributed by atoms with Crippen molar-refractivity contribution in [2.45, 2.75) is 13.5 Å². The van der Waals surface area contributed by atoms with Crippen LogP contribution >= 0.6 is 11.3 Å². The maximum absolute atomic E-state index is 13.1. The first kappa shape index (κ1) is 21.7.